The first-order valence-electron chi connectivity index (χ1n) is 8.60. The van der Waals surface area contributed by atoms with Gasteiger partial charge < -0.3 is 15.5 Å². The van der Waals surface area contributed by atoms with Crippen molar-refractivity contribution in [1.82, 2.24) is 15.2 Å². The van der Waals surface area contributed by atoms with Gasteiger partial charge in [-0.05, 0) is 37.1 Å². The van der Waals surface area contributed by atoms with Gasteiger partial charge in [-0.2, -0.15) is 0 Å². The third-order valence-corrected chi connectivity index (χ3v) is 5.66. The molecule has 6 heteroatoms. The molecular formula is C19H18N4O2. The molecule has 0 aliphatic carbocycles. The lowest BCUT2D eigenvalue weighted by Crippen LogP contribution is -2.64. The Labute approximate surface area is 145 Å². The van der Waals surface area contributed by atoms with E-state index >= 15 is 0 Å². The van der Waals surface area contributed by atoms with Crippen molar-refractivity contribution in [3.63, 3.8) is 0 Å². The Balaban J connectivity index is 1.50. The van der Waals surface area contributed by atoms with Crippen LogP contribution in [0.2, 0.25) is 0 Å². The Kier molecular flexibility index (Phi) is 2.92. The van der Waals surface area contributed by atoms with Gasteiger partial charge in [0.05, 0.1) is 11.6 Å². The second kappa shape index (κ2) is 5.05. The average Bonchev–Trinajstić information content (AvgIpc) is 3.17. The van der Waals surface area contributed by atoms with Crippen LogP contribution < -0.4 is 10.6 Å². The molecule has 3 aliphatic heterocycles. The van der Waals surface area contributed by atoms with Crippen molar-refractivity contribution < 1.29 is 9.59 Å². The molecule has 0 saturated carbocycles. The van der Waals surface area contributed by atoms with Gasteiger partial charge in [-0.25, -0.2) is 0 Å². The largest absolute Gasteiger partial charge is 0.360 e. The second-order valence-electron chi connectivity index (χ2n) is 7.00. The molecule has 2 amide bonds. The Morgan fingerprint density at radius 3 is 2.76 bits per heavy atom. The van der Waals surface area contributed by atoms with Crippen molar-refractivity contribution in [2.75, 3.05) is 5.32 Å². The minimum atomic E-state index is -0.572. The van der Waals surface area contributed by atoms with Crippen LogP contribution in [-0.2, 0) is 0 Å². The van der Waals surface area contributed by atoms with E-state index < -0.39 is 5.66 Å². The normalized spacial score (nSPS) is 29.3. The summed E-state index contributed by atoms with van der Waals surface area (Å²) in [5, 5.41) is 6.69. The van der Waals surface area contributed by atoms with Crippen LogP contribution in [0.4, 0.5) is 5.69 Å². The summed E-state index contributed by atoms with van der Waals surface area (Å²) in [6, 6.07) is 11.1. The maximum atomic E-state index is 13.0. The molecule has 1 spiro atoms. The number of fused-ring (bicyclic) bond motifs is 4. The minimum Gasteiger partial charge on any atom is -0.360 e. The van der Waals surface area contributed by atoms with E-state index in [0.717, 1.165) is 24.9 Å². The van der Waals surface area contributed by atoms with Crippen molar-refractivity contribution in [3.8, 4) is 0 Å². The molecule has 3 atom stereocenters. The fourth-order valence-corrected chi connectivity index (χ4v) is 4.63. The number of carbonyl (C=O) groups excluding carboxylic acids is 2. The van der Waals surface area contributed by atoms with Crippen LogP contribution in [0.25, 0.3) is 0 Å². The first-order valence-corrected chi connectivity index (χ1v) is 8.60. The Bertz CT molecular complexity index is 869. The topological polar surface area (TPSA) is 74.3 Å². The Hall–Kier alpha value is -2.89. The number of hydrogen-bond acceptors (Lipinski definition) is 4. The number of para-hydroxylation sites is 1. The van der Waals surface area contributed by atoms with E-state index in [4.69, 9.17) is 0 Å². The molecule has 6 nitrogen and oxygen atoms in total. The van der Waals surface area contributed by atoms with E-state index in [1.807, 2.05) is 29.2 Å². The van der Waals surface area contributed by atoms with Crippen LogP contribution in [-0.4, -0.2) is 39.4 Å². The predicted octanol–water partition coefficient (Wildman–Crippen LogP) is 2.01. The lowest BCUT2D eigenvalue weighted by atomic mass is 9.86. The van der Waals surface area contributed by atoms with Crippen molar-refractivity contribution in [2.45, 2.75) is 37.0 Å². The molecular weight excluding hydrogens is 316 g/mol. The fourth-order valence-electron chi connectivity index (χ4n) is 4.63. The molecule has 1 aromatic heterocycles. The second-order valence-corrected chi connectivity index (χ2v) is 7.00. The zero-order chi connectivity index (χ0) is 17.0. The summed E-state index contributed by atoms with van der Waals surface area (Å²) in [4.78, 5) is 31.6. The highest BCUT2D eigenvalue weighted by Gasteiger charge is 2.59. The highest BCUT2D eigenvalue weighted by atomic mass is 16.2. The molecule has 126 valence electrons. The van der Waals surface area contributed by atoms with Crippen LogP contribution in [0.3, 0.4) is 0 Å². The molecule has 2 N–H and O–H groups in total. The number of carbonyl (C=O) groups is 2. The molecule has 2 bridgehead atoms. The van der Waals surface area contributed by atoms with Crippen LogP contribution in [0.5, 0.6) is 0 Å². The quantitative estimate of drug-likeness (QED) is 0.837. The third-order valence-electron chi connectivity index (χ3n) is 5.66. The van der Waals surface area contributed by atoms with Gasteiger partial charge in [0.25, 0.3) is 11.8 Å². The zero-order valence-corrected chi connectivity index (χ0v) is 13.6. The molecule has 0 unspecified atom stereocenters. The summed E-state index contributed by atoms with van der Waals surface area (Å²) >= 11 is 0. The van der Waals surface area contributed by atoms with Gasteiger partial charge in [-0.1, -0.05) is 12.1 Å². The molecule has 2 fully saturated rings. The number of amides is 2. The SMILES string of the molecule is O=C1N[C@]2(C[C@H]3CC[C@@H]2N3C(=O)c2ccncc2)Nc2ccccc21. The summed E-state index contributed by atoms with van der Waals surface area (Å²) in [5.41, 5.74) is 1.57. The first kappa shape index (κ1) is 14.5. The van der Waals surface area contributed by atoms with Crippen molar-refractivity contribution in [2.24, 2.45) is 0 Å². The van der Waals surface area contributed by atoms with Crippen molar-refractivity contribution in [3.05, 3.63) is 59.9 Å². The summed E-state index contributed by atoms with van der Waals surface area (Å²) in [7, 11) is 0. The zero-order valence-electron chi connectivity index (χ0n) is 13.6. The molecule has 2 aromatic rings. The monoisotopic (exact) mass is 334 g/mol. The Morgan fingerprint density at radius 2 is 1.92 bits per heavy atom. The average molecular weight is 334 g/mol. The van der Waals surface area contributed by atoms with E-state index in [1.165, 1.54) is 0 Å². The van der Waals surface area contributed by atoms with E-state index in [2.05, 4.69) is 15.6 Å². The van der Waals surface area contributed by atoms with Crippen LogP contribution >= 0.6 is 0 Å². The molecule has 1 aromatic carbocycles. The standard InChI is InChI=1S/C19H18N4O2/c24-17-14-3-1-2-4-15(14)21-19(22-17)11-13-5-6-16(19)23(13)18(25)12-7-9-20-10-8-12/h1-4,7-10,13,16,21H,5-6,11H2,(H,22,24)/t13-,16+,19+/m1/s1. The minimum absolute atomic E-state index is 0.0154. The summed E-state index contributed by atoms with van der Waals surface area (Å²) in [6.45, 7) is 0. The number of hydrogen-bond donors (Lipinski definition) is 2. The third kappa shape index (κ3) is 2.00. The fraction of sp³-hybridized carbons (Fsp3) is 0.316. The first-order chi connectivity index (χ1) is 12.2. The van der Waals surface area contributed by atoms with Gasteiger partial charge in [-0.15, -0.1) is 0 Å². The molecule has 5 rings (SSSR count). The van der Waals surface area contributed by atoms with Crippen LogP contribution in [0.15, 0.2) is 48.8 Å². The Morgan fingerprint density at radius 1 is 1.12 bits per heavy atom. The molecule has 3 aliphatic rings. The summed E-state index contributed by atoms with van der Waals surface area (Å²) in [5.74, 6) is -0.0557. The van der Waals surface area contributed by atoms with Crippen LogP contribution in [0, 0.1) is 0 Å². The van der Waals surface area contributed by atoms with Crippen molar-refractivity contribution in [1.29, 1.82) is 0 Å². The van der Waals surface area contributed by atoms with E-state index in [1.54, 1.807) is 24.5 Å². The highest BCUT2D eigenvalue weighted by molar-refractivity contribution is 6.03. The maximum absolute atomic E-state index is 13.0. The number of anilines is 1. The van der Waals surface area contributed by atoms with Gasteiger partial charge in [0.2, 0.25) is 0 Å². The summed E-state index contributed by atoms with van der Waals surface area (Å²) in [6.07, 6.45) is 5.86. The van der Waals surface area contributed by atoms with Gasteiger partial charge in [0.1, 0.15) is 5.66 Å². The lowest BCUT2D eigenvalue weighted by Gasteiger charge is -2.43. The molecule has 2 saturated heterocycles. The number of aromatic nitrogens is 1. The number of rotatable bonds is 1. The molecule has 0 radical (unpaired) electrons. The smallest absolute Gasteiger partial charge is 0.255 e. The van der Waals surface area contributed by atoms with Crippen LogP contribution in [0.1, 0.15) is 40.0 Å². The van der Waals surface area contributed by atoms with E-state index in [0.29, 0.717) is 11.1 Å². The molecule has 25 heavy (non-hydrogen) atoms. The van der Waals surface area contributed by atoms with Crippen molar-refractivity contribution >= 4 is 17.5 Å². The number of nitrogens with one attached hydrogen (secondary N) is 2. The highest BCUT2D eigenvalue weighted by Crippen LogP contribution is 2.47. The predicted molar refractivity (Wildman–Crippen MR) is 92.1 cm³/mol. The number of benzene rings is 1. The van der Waals surface area contributed by atoms with E-state index in [-0.39, 0.29) is 23.9 Å². The molecule has 4 heterocycles. The maximum Gasteiger partial charge on any atom is 0.255 e. The van der Waals surface area contributed by atoms with Gasteiger partial charge in [0, 0.05) is 36.1 Å². The van der Waals surface area contributed by atoms with Gasteiger partial charge in [0.15, 0.2) is 0 Å². The van der Waals surface area contributed by atoms with Gasteiger partial charge in [-0.3, -0.25) is 14.6 Å². The van der Waals surface area contributed by atoms with Gasteiger partial charge >= 0.3 is 0 Å². The number of nitrogens with zero attached hydrogens (tertiary/aromatic N) is 2. The van der Waals surface area contributed by atoms with E-state index in [9.17, 15) is 9.59 Å². The lowest BCUT2D eigenvalue weighted by molar-refractivity contribution is 0.0691. The summed E-state index contributed by atoms with van der Waals surface area (Å²) < 4.78 is 0. The number of pyridine rings is 1.